The van der Waals surface area contributed by atoms with Gasteiger partial charge in [0.2, 0.25) is 0 Å². The Labute approximate surface area is 106 Å². The molecule has 2 rings (SSSR count). The lowest BCUT2D eigenvalue weighted by Gasteiger charge is -2.08. The lowest BCUT2D eigenvalue weighted by Crippen LogP contribution is -1.99. The van der Waals surface area contributed by atoms with E-state index in [4.69, 9.17) is 0 Å². The topological polar surface area (TPSA) is 29.9 Å². The molecule has 0 atom stereocenters. The van der Waals surface area contributed by atoms with E-state index in [1.54, 1.807) is 11.8 Å². The number of nitrogens with one attached hydrogen (secondary N) is 1. The van der Waals surface area contributed by atoms with Gasteiger partial charge in [-0.2, -0.15) is 5.10 Å². The number of aromatic nitrogens is 2. The van der Waals surface area contributed by atoms with Crippen molar-refractivity contribution in [2.75, 3.05) is 11.6 Å². The van der Waals surface area contributed by atoms with Gasteiger partial charge >= 0.3 is 0 Å². The molecule has 0 bridgehead atoms. The quantitative estimate of drug-likeness (QED) is 0.823. The van der Waals surface area contributed by atoms with Crippen molar-refractivity contribution in [2.45, 2.75) is 24.9 Å². The summed E-state index contributed by atoms with van der Waals surface area (Å²) in [5.74, 6) is 0. The van der Waals surface area contributed by atoms with Crippen LogP contribution >= 0.6 is 11.8 Å². The first-order chi connectivity index (χ1) is 8.33. The van der Waals surface area contributed by atoms with E-state index < -0.39 is 0 Å². The molecular weight excluding hydrogens is 230 g/mol. The minimum absolute atomic E-state index is 0.817. The lowest BCUT2D eigenvalue weighted by atomic mass is 10.3. The number of thioether (sulfide) groups is 1. The Morgan fingerprint density at radius 1 is 1.35 bits per heavy atom. The van der Waals surface area contributed by atoms with Crippen molar-refractivity contribution in [1.82, 2.24) is 9.78 Å². The third-order valence-corrected chi connectivity index (χ3v) is 3.40. The van der Waals surface area contributed by atoms with Crippen molar-refractivity contribution in [3.05, 3.63) is 42.2 Å². The highest BCUT2D eigenvalue weighted by molar-refractivity contribution is 7.98. The van der Waals surface area contributed by atoms with Gasteiger partial charge in [0.25, 0.3) is 0 Å². The summed E-state index contributed by atoms with van der Waals surface area (Å²) in [6.07, 6.45) is 6.09. The number of hydrogen-bond acceptors (Lipinski definition) is 3. The van der Waals surface area contributed by atoms with E-state index in [0.717, 1.165) is 13.1 Å². The monoisotopic (exact) mass is 247 g/mol. The normalized spacial score (nSPS) is 10.5. The van der Waals surface area contributed by atoms with Gasteiger partial charge in [-0.1, -0.05) is 12.1 Å². The second-order valence-corrected chi connectivity index (χ2v) is 4.61. The molecule has 2 aromatic rings. The number of nitrogens with zero attached hydrogens (tertiary/aromatic N) is 2. The fraction of sp³-hybridized carbons (Fsp3) is 0.308. The predicted octanol–water partition coefficient (Wildman–Crippen LogP) is 3.24. The highest BCUT2D eigenvalue weighted by atomic mass is 32.2. The van der Waals surface area contributed by atoms with E-state index in [2.05, 4.69) is 54.1 Å². The summed E-state index contributed by atoms with van der Waals surface area (Å²) in [7, 11) is 0. The van der Waals surface area contributed by atoms with Gasteiger partial charge in [0.1, 0.15) is 0 Å². The molecule has 1 N–H and O–H groups in total. The lowest BCUT2D eigenvalue weighted by molar-refractivity contribution is 0.659. The predicted molar refractivity (Wildman–Crippen MR) is 73.5 cm³/mol. The van der Waals surface area contributed by atoms with Crippen molar-refractivity contribution in [3.63, 3.8) is 0 Å². The number of para-hydroxylation sites is 1. The summed E-state index contributed by atoms with van der Waals surface area (Å²) in [4.78, 5) is 1.27. The van der Waals surface area contributed by atoms with Crippen molar-refractivity contribution in [2.24, 2.45) is 0 Å². The van der Waals surface area contributed by atoms with Gasteiger partial charge in [-0.25, -0.2) is 0 Å². The van der Waals surface area contributed by atoms with Crippen LogP contribution in [0.2, 0.25) is 0 Å². The summed E-state index contributed by atoms with van der Waals surface area (Å²) in [6.45, 7) is 3.83. The van der Waals surface area contributed by atoms with Crippen LogP contribution in [-0.2, 0) is 13.1 Å². The van der Waals surface area contributed by atoms with E-state index in [9.17, 15) is 0 Å². The molecule has 1 heterocycles. The van der Waals surface area contributed by atoms with E-state index in [0.29, 0.717) is 0 Å². The summed E-state index contributed by atoms with van der Waals surface area (Å²) in [6, 6.07) is 8.35. The molecule has 1 aromatic heterocycles. The molecule has 3 nitrogen and oxygen atoms in total. The summed E-state index contributed by atoms with van der Waals surface area (Å²) in [5, 5.41) is 7.70. The zero-order chi connectivity index (χ0) is 12.1. The number of aryl methyl sites for hydroxylation is 1. The Morgan fingerprint density at radius 3 is 2.88 bits per heavy atom. The fourth-order valence-corrected chi connectivity index (χ4v) is 2.23. The summed E-state index contributed by atoms with van der Waals surface area (Å²) >= 11 is 1.76. The van der Waals surface area contributed by atoms with Crippen molar-refractivity contribution in [3.8, 4) is 0 Å². The SMILES string of the molecule is CCn1cc(CNc2ccccc2SC)cn1. The van der Waals surface area contributed by atoms with Gasteiger partial charge in [0.15, 0.2) is 0 Å². The number of benzene rings is 1. The van der Waals surface area contributed by atoms with Gasteiger partial charge in [-0.3, -0.25) is 4.68 Å². The van der Waals surface area contributed by atoms with Crippen LogP contribution < -0.4 is 5.32 Å². The number of rotatable bonds is 5. The maximum atomic E-state index is 4.26. The van der Waals surface area contributed by atoms with Crippen molar-refractivity contribution < 1.29 is 0 Å². The first-order valence-electron chi connectivity index (χ1n) is 5.71. The van der Waals surface area contributed by atoms with Crippen LogP contribution in [0.1, 0.15) is 12.5 Å². The highest BCUT2D eigenvalue weighted by Crippen LogP contribution is 2.24. The molecule has 0 radical (unpaired) electrons. The molecule has 0 aliphatic heterocycles. The van der Waals surface area contributed by atoms with Crippen LogP contribution in [0.4, 0.5) is 5.69 Å². The fourth-order valence-electron chi connectivity index (χ4n) is 1.66. The van der Waals surface area contributed by atoms with Crippen LogP contribution in [0.5, 0.6) is 0 Å². The molecule has 0 saturated carbocycles. The van der Waals surface area contributed by atoms with Crippen LogP contribution in [0.25, 0.3) is 0 Å². The Kier molecular flexibility index (Phi) is 4.09. The average molecular weight is 247 g/mol. The molecule has 0 aliphatic rings. The van der Waals surface area contributed by atoms with Crippen molar-refractivity contribution in [1.29, 1.82) is 0 Å². The second kappa shape index (κ2) is 5.77. The second-order valence-electron chi connectivity index (χ2n) is 3.76. The molecule has 4 heteroatoms. The first-order valence-corrected chi connectivity index (χ1v) is 6.94. The molecule has 0 amide bonds. The van der Waals surface area contributed by atoms with E-state index in [1.165, 1.54) is 16.1 Å². The molecule has 1 aromatic carbocycles. The Balaban J connectivity index is 2.01. The van der Waals surface area contributed by atoms with Crippen molar-refractivity contribution >= 4 is 17.4 Å². The Hall–Kier alpha value is -1.42. The van der Waals surface area contributed by atoms with Crippen LogP contribution in [0.3, 0.4) is 0 Å². The maximum absolute atomic E-state index is 4.26. The molecule has 0 saturated heterocycles. The van der Waals surface area contributed by atoms with Crippen LogP contribution in [0, 0.1) is 0 Å². The third kappa shape index (κ3) is 3.03. The molecule has 0 spiro atoms. The smallest absolute Gasteiger partial charge is 0.0539 e. The highest BCUT2D eigenvalue weighted by Gasteiger charge is 2.01. The number of hydrogen-bond donors (Lipinski definition) is 1. The van der Waals surface area contributed by atoms with Gasteiger partial charge in [-0.15, -0.1) is 11.8 Å². The van der Waals surface area contributed by atoms with E-state index in [1.807, 2.05) is 10.9 Å². The summed E-state index contributed by atoms with van der Waals surface area (Å²) < 4.78 is 1.94. The molecule has 90 valence electrons. The third-order valence-electron chi connectivity index (χ3n) is 2.60. The summed E-state index contributed by atoms with van der Waals surface area (Å²) in [5.41, 5.74) is 2.40. The molecular formula is C13H17N3S. The van der Waals surface area contributed by atoms with Gasteiger partial charge in [0.05, 0.1) is 6.20 Å². The zero-order valence-electron chi connectivity index (χ0n) is 10.2. The first kappa shape index (κ1) is 12.0. The zero-order valence-corrected chi connectivity index (χ0v) is 11.0. The van der Waals surface area contributed by atoms with Gasteiger partial charge in [0, 0.05) is 35.4 Å². The Morgan fingerprint density at radius 2 is 2.18 bits per heavy atom. The number of anilines is 1. The van der Waals surface area contributed by atoms with Crippen LogP contribution in [-0.4, -0.2) is 16.0 Å². The average Bonchev–Trinajstić information content (AvgIpc) is 2.84. The maximum Gasteiger partial charge on any atom is 0.0539 e. The molecule has 0 unspecified atom stereocenters. The molecule has 0 aliphatic carbocycles. The van der Waals surface area contributed by atoms with Gasteiger partial charge < -0.3 is 5.32 Å². The Bertz CT molecular complexity index is 479. The van der Waals surface area contributed by atoms with E-state index >= 15 is 0 Å². The largest absolute Gasteiger partial charge is 0.380 e. The standard InChI is InChI=1S/C13H17N3S/c1-3-16-10-11(9-15-16)8-14-12-6-4-5-7-13(12)17-2/h4-7,9-10,14H,3,8H2,1-2H3. The minimum atomic E-state index is 0.817. The van der Waals surface area contributed by atoms with Gasteiger partial charge in [-0.05, 0) is 25.3 Å². The van der Waals surface area contributed by atoms with Crippen LogP contribution in [0.15, 0.2) is 41.6 Å². The molecule has 17 heavy (non-hydrogen) atoms. The molecule has 0 fully saturated rings. The van der Waals surface area contributed by atoms with E-state index in [-0.39, 0.29) is 0 Å². The minimum Gasteiger partial charge on any atom is -0.380 e.